The van der Waals surface area contributed by atoms with E-state index in [0.717, 1.165) is 48.7 Å². The van der Waals surface area contributed by atoms with Crippen LogP contribution in [-0.2, 0) is 8.85 Å². The number of rotatable bonds is 6. The van der Waals surface area contributed by atoms with Crippen molar-refractivity contribution in [3.8, 4) is 0 Å². The molecule has 4 rings (SSSR count). The van der Waals surface area contributed by atoms with Crippen LogP contribution in [0.1, 0.15) is 51.4 Å². The van der Waals surface area contributed by atoms with Crippen LogP contribution in [0, 0.1) is 35.5 Å². The van der Waals surface area contributed by atoms with Crippen molar-refractivity contribution >= 4 is 8.56 Å². The van der Waals surface area contributed by atoms with Crippen LogP contribution in [0.15, 0.2) is 0 Å². The van der Waals surface area contributed by atoms with Crippen molar-refractivity contribution in [2.75, 3.05) is 13.2 Å². The Labute approximate surface area is 131 Å². The first-order chi connectivity index (χ1) is 10.1. The highest BCUT2D eigenvalue weighted by Gasteiger charge is 2.42. The van der Waals surface area contributed by atoms with E-state index in [0.29, 0.717) is 0 Å². The maximum Gasteiger partial charge on any atom is 0.331 e. The third-order valence-corrected chi connectivity index (χ3v) is 8.78. The van der Waals surface area contributed by atoms with E-state index in [4.69, 9.17) is 8.85 Å². The molecule has 0 N–H and O–H groups in total. The van der Waals surface area contributed by atoms with Crippen molar-refractivity contribution in [3.63, 3.8) is 0 Å². The third-order valence-electron chi connectivity index (χ3n) is 7.06. The lowest BCUT2D eigenvalue weighted by Crippen LogP contribution is -2.39. The Bertz CT molecular complexity index is 349. The fourth-order valence-electron chi connectivity index (χ4n) is 5.82. The normalized spacial score (nSPS) is 44.9. The van der Waals surface area contributed by atoms with Gasteiger partial charge in [-0.1, -0.05) is 12.8 Å². The van der Waals surface area contributed by atoms with Crippen LogP contribution in [0.4, 0.5) is 0 Å². The molecule has 0 aliphatic heterocycles. The molecule has 0 aromatic rings. The number of hydrogen-bond donors (Lipinski definition) is 0. The summed E-state index contributed by atoms with van der Waals surface area (Å²) >= 11 is 0. The Morgan fingerprint density at radius 1 is 0.714 bits per heavy atom. The fourth-order valence-corrected chi connectivity index (χ4v) is 7.13. The van der Waals surface area contributed by atoms with Crippen LogP contribution in [-0.4, -0.2) is 21.8 Å². The van der Waals surface area contributed by atoms with Gasteiger partial charge in [0.25, 0.3) is 0 Å². The van der Waals surface area contributed by atoms with Gasteiger partial charge in [0.05, 0.1) is 0 Å². The molecule has 2 nitrogen and oxygen atoms in total. The largest absolute Gasteiger partial charge is 0.394 e. The molecule has 4 fully saturated rings. The molecular weight excluding hydrogens is 276 g/mol. The number of hydrogen-bond acceptors (Lipinski definition) is 2. The molecule has 0 aromatic heterocycles. The van der Waals surface area contributed by atoms with Gasteiger partial charge in [0, 0.05) is 13.2 Å². The Morgan fingerprint density at radius 2 is 1.19 bits per heavy atom. The van der Waals surface area contributed by atoms with Gasteiger partial charge in [0.2, 0.25) is 0 Å². The predicted octanol–water partition coefficient (Wildman–Crippen LogP) is 4.59. The van der Waals surface area contributed by atoms with Gasteiger partial charge in [-0.2, -0.15) is 0 Å². The molecule has 4 aliphatic carbocycles. The second kappa shape index (κ2) is 5.65. The first kappa shape index (κ1) is 14.7. The smallest absolute Gasteiger partial charge is 0.331 e. The molecule has 4 aliphatic rings. The monoisotopic (exact) mass is 308 g/mol. The molecule has 120 valence electrons. The van der Waals surface area contributed by atoms with E-state index in [2.05, 4.69) is 13.1 Å². The second-order valence-corrected chi connectivity index (χ2v) is 12.3. The molecule has 6 atom stereocenters. The third kappa shape index (κ3) is 3.11. The van der Waals surface area contributed by atoms with Crippen LogP contribution in [0.5, 0.6) is 0 Å². The average molecular weight is 309 g/mol. The van der Waals surface area contributed by atoms with E-state index >= 15 is 0 Å². The van der Waals surface area contributed by atoms with Gasteiger partial charge >= 0.3 is 8.56 Å². The minimum Gasteiger partial charge on any atom is -0.394 e. The van der Waals surface area contributed by atoms with Gasteiger partial charge in [-0.05, 0) is 87.1 Å². The summed E-state index contributed by atoms with van der Waals surface area (Å²) in [5.74, 6) is 5.71. The van der Waals surface area contributed by atoms with Crippen molar-refractivity contribution in [3.05, 3.63) is 0 Å². The maximum atomic E-state index is 6.32. The summed E-state index contributed by atoms with van der Waals surface area (Å²) < 4.78 is 12.6. The molecule has 0 radical (unpaired) electrons. The first-order valence-corrected chi connectivity index (χ1v) is 12.2. The summed E-state index contributed by atoms with van der Waals surface area (Å²) in [5.41, 5.74) is 0. The van der Waals surface area contributed by atoms with Gasteiger partial charge < -0.3 is 8.85 Å². The minimum absolute atomic E-state index is 0.849. The van der Waals surface area contributed by atoms with Crippen molar-refractivity contribution < 1.29 is 8.85 Å². The fraction of sp³-hybridized carbons (Fsp3) is 1.00. The van der Waals surface area contributed by atoms with Crippen molar-refractivity contribution in [2.24, 2.45) is 35.5 Å². The van der Waals surface area contributed by atoms with Crippen LogP contribution in [0.2, 0.25) is 13.1 Å². The van der Waals surface area contributed by atoms with Crippen molar-refractivity contribution in [2.45, 2.75) is 64.5 Å². The molecule has 6 unspecified atom stereocenters. The quantitative estimate of drug-likeness (QED) is 0.668. The molecule has 4 bridgehead atoms. The van der Waals surface area contributed by atoms with Crippen LogP contribution >= 0.6 is 0 Å². The predicted molar refractivity (Wildman–Crippen MR) is 87.3 cm³/mol. The highest BCUT2D eigenvalue weighted by Crippen LogP contribution is 2.49. The SMILES string of the molecule is C[Si](C)(OCC1CC2CCC1C2)OCC1CC2CCC1C2. The van der Waals surface area contributed by atoms with E-state index in [1.54, 1.807) is 0 Å². The van der Waals surface area contributed by atoms with Gasteiger partial charge in [-0.3, -0.25) is 0 Å². The Hall–Kier alpha value is 0.137. The van der Waals surface area contributed by atoms with Crippen LogP contribution in [0.3, 0.4) is 0 Å². The maximum absolute atomic E-state index is 6.32. The Morgan fingerprint density at radius 3 is 1.52 bits per heavy atom. The molecule has 0 spiro atoms. The topological polar surface area (TPSA) is 18.5 Å². The van der Waals surface area contributed by atoms with Crippen LogP contribution < -0.4 is 0 Å². The summed E-state index contributed by atoms with van der Waals surface area (Å²) in [7, 11) is -1.89. The first-order valence-electron chi connectivity index (χ1n) is 9.37. The van der Waals surface area contributed by atoms with Gasteiger partial charge in [0.1, 0.15) is 0 Å². The highest BCUT2D eigenvalue weighted by atomic mass is 28.4. The molecule has 3 heteroatoms. The van der Waals surface area contributed by atoms with E-state index in [-0.39, 0.29) is 0 Å². The molecule has 0 amide bonds. The lowest BCUT2D eigenvalue weighted by atomic mass is 9.90. The van der Waals surface area contributed by atoms with Crippen molar-refractivity contribution in [1.29, 1.82) is 0 Å². The summed E-state index contributed by atoms with van der Waals surface area (Å²) in [6, 6.07) is 0. The average Bonchev–Trinajstić information content (AvgIpc) is 3.22. The van der Waals surface area contributed by atoms with E-state index in [9.17, 15) is 0 Å². The molecule has 21 heavy (non-hydrogen) atoms. The van der Waals surface area contributed by atoms with Crippen LogP contribution in [0.25, 0.3) is 0 Å². The van der Waals surface area contributed by atoms with E-state index < -0.39 is 8.56 Å². The van der Waals surface area contributed by atoms with E-state index in [1.165, 1.54) is 51.4 Å². The lowest BCUT2D eigenvalue weighted by Gasteiger charge is -2.30. The molecule has 0 saturated heterocycles. The zero-order chi connectivity index (χ0) is 14.4. The molecule has 0 heterocycles. The number of fused-ring (bicyclic) bond motifs is 4. The summed E-state index contributed by atoms with van der Waals surface area (Å²) in [6.45, 7) is 6.48. The zero-order valence-electron chi connectivity index (χ0n) is 13.9. The van der Waals surface area contributed by atoms with Crippen molar-refractivity contribution in [1.82, 2.24) is 0 Å². The molecule has 0 aromatic carbocycles. The Balaban J connectivity index is 1.21. The Kier molecular flexibility index (Phi) is 3.96. The lowest BCUT2D eigenvalue weighted by molar-refractivity contribution is 0.107. The zero-order valence-corrected chi connectivity index (χ0v) is 14.9. The minimum atomic E-state index is -1.89. The summed E-state index contributed by atoms with van der Waals surface area (Å²) in [6.07, 6.45) is 11.7. The van der Waals surface area contributed by atoms with Gasteiger partial charge in [-0.15, -0.1) is 0 Å². The highest BCUT2D eigenvalue weighted by molar-refractivity contribution is 6.64. The summed E-state index contributed by atoms with van der Waals surface area (Å²) in [5, 5.41) is 0. The summed E-state index contributed by atoms with van der Waals surface area (Å²) in [4.78, 5) is 0. The molecule has 4 saturated carbocycles. The molecular formula is C18H32O2Si. The van der Waals surface area contributed by atoms with Gasteiger partial charge in [0.15, 0.2) is 0 Å². The van der Waals surface area contributed by atoms with E-state index in [1.807, 2.05) is 0 Å². The standard InChI is InChI=1S/C18H32O2Si/c1-21(2,19-11-17-9-13-3-5-15(17)7-13)20-12-18-10-14-4-6-16(18)8-14/h13-18H,3-12H2,1-2H3. The second-order valence-electron chi connectivity index (χ2n) is 8.89. The van der Waals surface area contributed by atoms with Gasteiger partial charge in [-0.25, -0.2) is 0 Å².